The molecule has 7 heteroatoms. The van der Waals surface area contributed by atoms with Crippen molar-refractivity contribution in [1.82, 2.24) is 15.3 Å². The van der Waals surface area contributed by atoms with E-state index in [2.05, 4.69) is 15.3 Å². The number of hydrogen-bond acceptors (Lipinski definition) is 4. The summed E-state index contributed by atoms with van der Waals surface area (Å²) in [5, 5.41) is 11.2. The van der Waals surface area contributed by atoms with E-state index in [1.165, 1.54) is 12.5 Å². The van der Waals surface area contributed by atoms with Gasteiger partial charge in [-0.3, -0.25) is 0 Å². The Balaban J connectivity index is 2.55. The minimum atomic E-state index is -1.12. The second-order valence-electron chi connectivity index (χ2n) is 3.77. The molecule has 17 heavy (non-hydrogen) atoms. The summed E-state index contributed by atoms with van der Waals surface area (Å²) in [7, 11) is 0. The molecular weight excluding hydrogens is 226 g/mol. The molecule has 0 fully saturated rings. The molecule has 94 valence electrons. The Bertz CT molecular complexity index is 375. The molecule has 3 N–H and O–H groups in total. The number of aliphatic carboxylic acids is 1. The number of ether oxygens (including phenoxy) is 1. The zero-order valence-corrected chi connectivity index (χ0v) is 9.64. The Hall–Kier alpha value is -2.05. The summed E-state index contributed by atoms with van der Waals surface area (Å²) in [6.07, 6.45) is 2.04. The molecule has 0 radical (unpaired) electrons. The van der Waals surface area contributed by atoms with Gasteiger partial charge >= 0.3 is 12.1 Å². The van der Waals surface area contributed by atoms with Crippen LogP contribution in [0.4, 0.5) is 4.79 Å². The number of amides is 1. The van der Waals surface area contributed by atoms with Crippen LogP contribution in [0.25, 0.3) is 0 Å². The Morgan fingerprint density at radius 3 is 2.76 bits per heavy atom. The number of imidazole rings is 1. The molecule has 0 aliphatic carbocycles. The average Bonchev–Trinajstić information content (AvgIpc) is 2.67. The third-order valence-electron chi connectivity index (χ3n) is 1.91. The van der Waals surface area contributed by atoms with Crippen molar-refractivity contribution >= 4 is 12.1 Å². The SMILES string of the molecule is CC(C)OC(=O)NC(Cc1cnc[nH]1)C(=O)O. The van der Waals surface area contributed by atoms with Crippen molar-refractivity contribution in [3.05, 3.63) is 18.2 Å². The quantitative estimate of drug-likeness (QED) is 0.697. The number of aromatic nitrogens is 2. The molecule has 1 unspecified atom stereocenters. The lowest BCUT2D eigenvalue weighted by atomic mass is 10.2. The van der Waals surface area contributed by atoms with Crippen LogP contribution >= 0.6 is 0 Å². The number of carbonyl (C=O) groups is 2. The molecule has 0 aliphatic rings. The van der Waals surface area contributed by atoms with E-state index in [4.69, 9.17) is 9.84 Å². The number of alkyl carbamates (subject to hydrolysis) is 1. The molecule has 1 atom stereocenters. The third kappa shape index (κ3) is 4.54. The van der Waals surface area contributed by atoms with Gasteiger partial charge in [0, 0.05) is 18.3 Å². The maximum atomic E-state index is 11.3. The maximum absolute atomic E-state index is 11.3. The van der Waals surface area contributed by atoms with E-state index in [-0.39, 0.29) is 12.5 Å². The fraction of sp³-hybridized carbons (Fsp3) is 0.500. The van der Waals surface area contributed by atoms with Crippen molar-refractivity contribution in [3.63, 3.8) is 0 Å². The molecule has 0 saturated heterocycles. The molecule has 7 nitrogen and oxygen atoms in total. The molecule has 1 aromatic heterocycles. The third-order valence-corrected chi connectivity index (χ3v) is 1.91. The van der Waals surface area contributed by atoms with E-state index in [9.17, 15) is 9.59 Å². The standard InChI is InChI=1S/C10H15N3O4/c1-6(2)17-10(16)13-8(9(14)15)3-7-4-11-5-12-7/h4-6,8H,3H2,1-2H3,(H,11,12)(H,13,16)(H,14,15). The fourth-order valence-corrected chi connectivity index (χ4v) is 1.21. The van der Waals surface area contributed by atoms with Gasteiger partial charge in [-0.25, -0.2) is 14.6 Å². The summed E-state index contributed by atoms with van der Waals surface area (Å²) in [5.41, 5.74) is 0.627. The van der Waals surface area contributed by atoms with Crippen LogP contribution in [0.15, 0.2) is 12.5 Å². The zero-order chi connectivity index (χ0) is 12.8. The zero-order valence-electron chi connectivity index (χ0n) is 9.64. The van der Waals surface area contributed by atoms with Crippen LogP contribution in [0, 0.1) is 0 Å². The molecular formula is C10H15N3O4. The van der Waals surface area contributed by atoms with Gasteiger partial charge in [-0.05, 0) is 13.8 Å². The second-order valence-corrected chi connectivity index (χ2v) is 3.77. The van der Waals surface area contributed by atoms with Gasteiger partial charge in [0.2, 0.25) is 0 Å². The summed E-state index contributed by atoms with van der Waals surface area (Å²) < 4.78 is 4.81. The van der Waals surface area contributed by atoms with Crippen molar-refractivity contribution in [3.8, 4) is 0 Å². The summed E-state index contributed by atoms with van der Waals surface area (Å²) in [6, 6.07) is -1.04. The Morgan fingerprint density at radius 2 is 2.29 bits per heavy atom. The lowest BCUT2D eigenvalue weighted by Crippen LogP contribution is -2.43. The molecule has 1 aromatic rings. The molecule has 1 amide bonds. The Morgan fingerprint density at radius 1 is 1.59 bits per heavy atom. The lowest BCUT2D eigenvalue weighted by molar-refractivity contribution is -0.139. The monoisotopic (exact) mass is 241 g/mol. The molecule has 1 rings (SSSR count). The number of carboxylic acid groups (broad SMARTS) is 1. The van der Waals surface area contributed by atoms with E-state index in [0.29, 0.717) is 5.69 Å². The molecule has 0 saturated carbocycles. The molecule has 0 bridgehead atoms. The second kappa shape index (κ2) is 5.88. The lowest BCUT2D eigenvalue weighted by Gasteiger charge is -2.15. The number of H-pyrrole nitrogens is 1. The fourth-order valence-electron chi connectivity index (χ4n) is 1.21. The molecule has 0 aliphatic heterocycles. The Labute approximate surface area is 98.2 Å². The largest absolute Gasteiger partial charge is 0.480 e. The van der Waals surface area contributed by atoms with Crippen LogP contribution in [0.2, 0.25) is 0 Å². The van der Waals surface area contributed by atoms with Crippen LogP contribution in [-0.4, -0.2) is 39.3 Å². The van der Waals surface area contributed by atoms with Gasteiger partial charge < -0.3 is 20.1 Å². The Kier molecular flexibility index (Phi) is 4.50. The summed E-state index contributed by atoms with van der Waals surface area (Å²) in [5.74, 6) is -1.12. The van der Waals surface area contributed by atoms with E-state index in [0.717, 1.165) is 0 Å². The number of rotatable bonds is 5. The van der Waals surface area contributed by atoms with Crippen molar-refractivity contribution in [2.45, 2.75) is 32.4 Å². The minimum absolute atomic E-state index is 0.128. The maximum Gasteiger partial charge on any atom is 0.408 e. The summed E-state index contributed by atoms with van der Waals surface area (Å²) >= 11 is 0. The number of carboxylic acids is 1. The van der Waals surface area contributed by atoms with Crippen LogP contribution in [0.3, 0.4) is 0 Å². The molecule has 1 heterocycles. The first-order chi connectivity index (χ1) is 7.99. The van der Waals surface area contributed by atoms with Crippen LogP contribution in [-0.2, 0) is 16.0 Å². The first-order valence-electron chi connectivity index (χ1n) is 5.16. The average molecular weight is 241 g/mol. The number of nitrogens with zero attached hydrogens (tertiary/aromatic N) is 1. The predicted octanol–water partition coefficient (Wildman–Crippen LogP) is 0.540. The topological polar surface area (TPSA) is 104 Å². The molecule has 0 spiro atoms. The highest BCUT2D eigenvalue weighted by molar-refractivity contribution is 5.80. The number of aromatic amines is 1. The number of carbonyl (C=O) groups excluding carboxylic acids is 1. The van der Waals surface area contributed by atoms with Crippen LogP contribution in [0.5, 0.6) is 0 Å². The van der Waals surface area contributed by atoms with Crippen molar-refractivity contribution in [1.29, 1.82) is 0 Å². The van der Waals surface area contributed by atoms with Gasteiger partial charge in [-0.1, -0.05) is 0 Å². The van der Waals surface area contributed by atoms with Gasteiger partial charge in [0.15, 0.2) is 0 Å². The van der Waals surface area contributed by atoms with Crippen molar-refractivity contribution < 1.29 is 19.4 Å². The van der Waals surface area contributed by atoms with E-state index < -0.39 is 18.1 Å². The van der Waals surface area contributed by atoms with E-state index >= 15 is 0 Å². The highest BCUT2D eigenvalue weighted by Crippen LogP contribution is 2.00. The smallest absolute Gasteiger partial charge is 0.408 e. The van der Waals surface area contributed by atoms with Gasteiger partial charge in [0.25, 0.3) is 0 Å². The normalized spacial score (nSPS) is 12.2. The predicted molar refractivity (Wildman–Crippen MR) is 58.5 cm³/mol. The van der Waals surface area contributed by atoms with Crippen molar-refractivity contribution in [2.24, 2.45) is 0 Å². The minimum Gasteiger partial charge on any atom is -0.480 e. The van der Waals surface area contributed by atoms with Gasteiger partial charge in [0.1, 0.15) is 6.04 Å². The van der Waals surface area contributed by atoms with E-state index in [1.54, 1.807) is 13.8 Å². The van der Waals surface area contributed by atoms with Crippen LogP contribution in [0.1, 0.15) is 19.5 Å². The molecule has 0 aromatic carbocycles. The first kappa shape index (κ1) is 13.0. The number of hydrogen-bond donors (Lipinski definition) is 3. The van der Waals surface area contributed by atoms with Gasteiger partial charge in [-0.15, -0.1) is 0 Å². The van der Waals surface area contributed by atoms with Crippen molar-refractivity contribution in [2.75, 3.05) is 0 Å². The summed E-state index contributed by atoms with van der Waals surface area (Å²) in [6.45, 7) is 3.37. The van der Waals surface area contributed by atoms with Crippen LogP contribution < -0.4 is 5.32 Å². The highest BCUT2D eigenvalue weighted by Gasteiger charge is 2.22. The highest BCUT2D eigenvalue weighted by atomic mass is 16.6. The summed E-state index contributed by atoms with van der Waals surface area (Å²) in [4.78, 5) is 28.8. The van der Waals surface area contributed by atoms with E-state index in [1.807, 2.05) is 0 Å². The van der Waals surface area contributed by atoms with Gasteiger partial charge in [-0.2, -0.15) is 0 Å². The number of nitrogens with one attached hydrogen (secondary N) is 2. The van der Waals surface area contributed by atoms with Gasteiger partial charge in [0.05, 0.1) is 12.4 Å². The first-order valence-corrected chi connectivity index (χ1v) is 5.16.